The van der Waals surface area contributed by atoms with Crippen molar-refractivity contribution < 1.29 is 19.4 Å². The highest BCUT2D eigenvalue weighted by molar-refractivity contribution is 6.31. The van der Waals surface area contributed by atoms with Crippen molar-refractivity contribution in [2.24, 2.45) is 0 Å². The van der Waals surface area contributed by atoms with Gasteiger partial charge in [0.2, 0.25) is 0 Å². The van der Waals surface area contributed by atoms with E-state index in [9.17, 15) is 14.7 Å². The lowest BCUT2D eigenvalue weighted by atomic mass is 10.2. The first kappa shape index (κ1) is 17.6. The number of nitrogens with one attached hydrogen (secondary N) is 2. The molecule has 0 spiro atoms. The molecule has 0 atom stereocenters. The maximum atomic E-state index is 12.1. The molecule has 2 aromatic rings. The number of phenolic OH excluding ortho intramolecular Hbond substituents is 1. The molecule has 0 aliphatic heterocycles. The third-order valence-electron chi connectivity index (χ3n) is 3.06. The average molecular weight is 349 g/mol. The minimum atomic E-state index is -0.679. The number of carbonyl (C=O) groups excluding carboxylic acids is 2. The first-order valence-corrected chi connectivity index (χ1v) is 7.71. The summed E-state index contributed by atoms with van der Waals surface area (Å²) in [7, 11) is 0. The van der Waals surface area contributed by atoms with Crippen molar-refractivity contribution >= 4 is 23.4 Å². The number of carbonyl (C=O) groups is 2. The third-order valence-corrected chi connectivity index (χ3v) is 3.30. The van der Waals surface area contributed by atoms with Crippen molar-refractivity contribution in [1.82, 2.24) is 10.9 Å². The molecule has 0 unspecified atom stereocenters. The maximum absolute atomic E-state index is 12.1. The Morgan fingerprint density at radius 1 is 1.12 bits per heavy atom. The molecule has 6 nitrogen and oxygen atoms in total. The topological polar surface area (TPSA) is 87.7 Å². The molecule has 7 heteroatoms. The number of hydrogen-bond acceptors (Lipinski definition) is 4. The molecule has 2 aromatic carbocycles. The molecule has 0 bridgehead atoms. The van der Waals surface area contributed by atoms with Crippen molar-refractivity contribution in [2.45, 2.75) is 13.3 Å². The first-order chi connectivity index (χ1) is 11.5. The number of benzene rings is 2. The largest absolute Gasteiger partial charge is 0.507 e. The van der Waals surface area contributed by atoms with E-state index in [-0.39, 0.29) is 11.3 Å². The molecule has 24 heavy (non-hydrogen) atoms. The van der Waals surface area contributed by atoms with Crippen LogP contribution in [0.5, 0.6) is 11.5 Å². The van der Waals surface area contributed by atoms with Gasteiger partial charge in [-0.05, 0) is 42.8 Å². The van der Waals surface area contributed by atoms with Gasteiger partial charge in [0.15, 0.2) is 0 Å². The molecule has 0 saturated carbocycles. The molecular formula is C17H17ClN2O4. The minimum absolute atomic E-state index is 0.0390. The van der Waals surface area contributed by atoms with Gasteiger partial charge < -0.3 is 9.84 Å². The van der Waals surface area contributed by atoms with Crippen LogP contribution in [0.4, 0.5) is 0 Å². The first-order valence-electron chi connectivity index (χ1n) is 7.33. The standard InChI is InChI=1S/C17H17ClN2O4/c1-2-8-24-13-5-3-4-11(9-13)16(22)19-20-17(23)14-10-12(18)6-7-15(14)21/h3-7,9-10,21H,2,8H2,1H3,(H,19,22)(H,20,23). The number of halogens is 1. The molecule has 2 amide bonds. The maximum Gasteiger partial charge on any atom is 0.273 e. The average Bonchev–Trinajstić information content (AvgIpc) is 2.59. The Morgan fingerprint density at radius 3 is 2.62 bits per heavy atom. The van der Waals surface area contributed by atoms with Crippen LogP contribution in [0.25, 0.3) is 0 Å². The van der Waals surface area contributed by atoms with E-state index in [4.69, 9.17) is 16.3 Å². The normalized spacial score (nSPS) is 10.1. The van der Waals surface area contributed by atoms with Crippen LogP contribution in [-0.2, 0) is 0 Å². The van der Waals surface area contributed by atoms with Gasteiger partial charge in [0, 0.05) is 10.6 Å². The van der Waals surface area contributed by atoms with Gasteiger partial charge in [-0.2, -0.15) is 0 Å². The number of hydrogen-bond donors (Lipinski definition) is 3. The fraction of sp³-hybridized carbons (Fsp3) is 0.176. The number of ether oxygens (including phenoxy) is 1. The number of aromatic hydroxyl groups is 1. The van der Waals surface area contributed by atoms with E-state index in [0.717, 1.165) is 6.42 Å². The third kappa shape index (κ3) is 4.63. The van der Waals surface area contributed by atoms with E-state index in [0.29, 0.717) is 22.9 Å². The minimum Gasteiger partial charge on any atom is -0.507 e. The van der Waals surface area contributed by atoms with Crippen molar-refractivity contribution in [1.29, 1.82) is 0 Å². The summed E-state index contributed by atoms with van der Waals surface area (Å²) in [5.74, 6) is -0.849. The lowest BCUT2D eigenvalue weighted by Crippen LogP contribution is -2.41. The zero-order valence-corrected chi connectivity index (χ0v) is 13.8. The fourth-order valence-electron chi connectivity index (χ4n) is 1.89. The van der Waals surface area contributed by atoms with Gasteiger partial charge in [-0.25, -0.2) is 0 Å². The molecule has 0 aliphatic rings. The predicted molar refractivity (Wildman–Crippen MR) is 90.3 cm³/mol. The smallest absolute Gasteiger partial charge is 0.273 e. The summed E-state index contributed by atoms with van der Waals surface area (Å²) in [6.45, 7) is 2.53. The van der Waals surface area contributed by atoms with E-state index in [1.807, 2.05) is 6.92 Å². The van der Waals surface area contributed by atoms with Gasteiger partial charge in [0.25, 0.3) is 11.8 Å². The van der Waals surface area contributed by atoms with Crippen LogP contribution in [0.1, 0.15) is 34.1 Å². The number of hydrazine groups is 1. The molecule has 0 aliphatic carbocycles. The van der Waals surface area contributed by atoms with E-state index >= 15 is 0 Å². The summed E-state index contributed by atoms with van der Waals surface area (Å²) >= 11 is 5.79. The summed E-state index contributed by atoms with van der Waals surface area (Å²) in [6, 6.07) is 10.7. The van der Waals surface area contributed by atoms with Crippen molar-refractivity contribution in [3.8, 4) is 11.5 Å². The highest BCUT2D eigenvalue weighted by Crippen LogP contribution is 2.21. The van der Waals surface area contributed by atoms with E-state index in [1.54, 1.807) is 24.3 Å². The highest BCUT2D eigenvalue weighted by atomic mass is 35.5. The van der Waals surface area contributed by atoms with E-state index < -0.39 is 11.8 Å². The van der Waals surface area contributed by atoms with Crippen LogP contribution in [0, 0.1) is 0 Å². The molecule has 0 fully saturated rings. The Balaban J connectivity index is 2.00. The van der Waals surface area contributed by atoms with Gasteiger partial charge in [0.05, 0.1) is 12.2 Å². The molecule has 0 heterocycles. The summed E-state index contributed by atoms with van der Waals surface area (Å²) < 4.78 is 5.45. The van der Waals surface area contributed by atoms with E-state index in [1.165, 1.54) is 18.2 Å². The van der Waals surface area contributed by atoms with Crippen molar-refractivity contribution in [2.75, 3.05) is 6.61 Å². The second-order valence-corrected chi connectivity index (χ2v) is 5.38. The van der Waals surface area contributed by atoms with E-state index in [2.05, 4.69) is 10.9 Å². The molecule has 3 N–H and O–H groups in total. The summed E-state index contributed by atoms with van der Waals surface area (Å²) in [6.07, 6.45) is 0.857. The zero-order valence-electron chi connectivity index (χ0n) is 13.0. The fourth-order valence-corrected chi connectivity index (χ4v) is 2.06. The van der Waals surface area contributed by atoms with Crippen molar-refractivity contribution in [3.63, 3.8) is 0 Å². The van der Waals surface area contributed by atoms with Gasteiger partial charge >= 0.3 is 0 Å². The molecule has 0 aromatic heterocycles. The Labute approximate surface area is 144 Å². The van der Waals surface area contributed by atoms with Crippen LogP contribution >= 0.6 is 11.6 Å². The Bertz CT molecular complexity index is 749. The molecule has 0 saturated heterocycles. The van der Waals surface area contributed by atoms with Crippen molar-refractivity contribution in [3.05, 3.63) is 58.6 Å². The molecule has 2 rings (SSSR count). The SMILES string of the molecule is CCCOc1cccc(C(=O)NNC(=O)c2cc(Cl)ccc2O)c1. The summed E-state index contributed by atoms with van der Waals surface area (Å²) in [5, 5.41) is 9.95. The summed E-state index contributed by atoms with van der Waals surface area (Å²) in [5.41, 5.74) is 4.80. The molecule has 126 valence electrons. The number of amides is 2. The quantitative estimate of drug-likeness (QED) is 0.725. The van der Waals surface area contributed by atoms with Crippen LogP contribution in [0.3, 0.4) is 0 Å². The van der Waals surface area contributed by atoms with Crippen LogP contribution in [0.15, 0.2) is 42.5 Å². The lowest BCUT2D eigenvalue weighted by Gasteiger charge is -2.10. The lowest BCUT2D eigenvalue weighted by molar-refractivity contribution is 0.0845. The second-order valence-electron chi connectivity index (χ2n) is 4.95. The van der Waals surface area contributed by atoms with Gasteiger partial charge in [-0.3, -0.25) is 20.4 Å². The van der Waals surface area contributed by atoms with Gasteiger partial charge in [-0.1, -0.05) is 24.6 Å². The van der Waals surface area contributed by atoms with Crippen LogP contribution in [-0.4, -0.2) is 23.5 Å². The number of phenols is 1. The number of rotatable bonds is 5. The van der Waals surface area contributed by atoms with Crippen LogP contribution in [0.2, 0.25) is 5.02 Å². The zero-order chi connectivity index (χ0) is 17.5. The molecule has 0 radical (unpaired) electrons. The second kappa shape index (κ2) is 8.21. The highest BCUT2D eigenvalue weighted by Gasteiger charge is 2.13. The Hall–Kier alpha value is -2.73. The summed E-state index contributed by atoms with van der Waals surface area (Å²) in [4.78, 5) is 24.1. The van der Waals surface area contributed by atoms with Crippen LogP contribution < -0.4 is 15.6 Å². The Kier molecular flexibility index (Phi) is 6.03. The monoisotopic (exact) mass is 348 g/mol. The Morgan fingerprint density at radius 2 is 1.88 bits per heavy atom. The predicted octanol–water partition coefficient (Wildman–Crippen LogP) is 2.91. The van der Waals surface area contributed by atoms with Gasteiger partial charge in [0.1, 0.15) is 11.5 Å². The van der Waals surface area contributed by atoms with Gasteiger partial charge in [-0.15, -0.1) is 0 Å². The molecular weight excluding hydrogens is 332 g/mol.